The van der Waals surface area contributed by atoms with E-state index in [9.17, 15) is 8.42 Å². The zero-order valence-electron chi connectivity index (χ0n) is 12.9. The van der Waals surface area contributed by atoms with Gasteiger partial charge >= 0.3 is 0 Å². The van der Waals surface area contributed by atoms with Crippen molar-refractivity contribution in [3.63, 3.8) is 0 Å². The molecular formula is C15H20N2O4S. The molecule has 0 fully saturated rings. The van der Waals surface area contributed by atoms with E-state index < -0.39 is 10.0 Å². The van der Waals surface area contributed by atoms with Gasteiger partial charge in [-0.2, -0.15) is 0 Å². The maximum absolute atomic E-state index is 12.4. The summed E-state index contributed by atoms with van der Waals surface area (Å²) in [6, 6.07) is 6.64. The first-order chi connectivity index (χ1) is 10.5. The highest BCUT2D eigenvalue weighted by Crippen LogP contribution is 2.27. The summed E-state index contributed by atoms with van der Waals surface area (Å²) in [7, 11) is 1.19. The molecule has 0 aliphatic rings. The van der Waals surface area contributed by atoms with Gasteiger partial charge in [-0.25, -0.2) is 13.1 Å². The Morgan fingerprint density at radius 2 is 1.95 bits per heavy atom. The molecule has 1 aromatic carbocycles. The molecule has 0 aliphatic heterocycles. The van der Waals surface area contributed by atoms with Crippen molar-refractivity contribution < 1.29 is 17.9 Å². The number of hydrogen-bond acceptors (Lipinski definition) is 4. The highest BCUT2D eigenvalue weighted by atomic mass is 32.2. The number of methoxy groups -OCH3 is 2. The summed E-state index contributed by atoms with van der Waals surface area (Å²) in [4.78, 5) is 0.0717. The fourth-order valence-electron chi connectivity index (χ4n) is 2.11. The van der Waals surface area contributed by atoms with Gasteiger partial charge in [0.05, 0.1) is 14.2 Å². The first-order valence-electron chi connectivity index (χ1n) is 6.79. The molecule has 0 spiro atoms. The first-order valence-corrected chi connectivity index (χ1v) is 8.27. The number of rotatable bonds is 7. The van der Waals surface area contributed by atoms with Crippen molar-refractivity contribution in [2.24, 2.45) is 7.05 Å². The summed E-state index contributed by atoms with van der Waals surface area (Å²) in [5.74, 6) is 0.747. The fraction of sp³-hybridized carbons (Fsp3) is 0.333. The van der Waals surface area contributed by atoms with Crippen LogP contribution in [0.15, 0.2) is 41.6 Å². The molecule has 22 heavy (non-hydrogen) atoms. The lowest BCUT2D eigenvalue weighted by Crippen LogP contribution is -2.26. The molecule has 0 saturated heterocycles. The predicted molar refractivity (Wildman–Crippen MR) is 83.9 cm³/mol. The van der Waals surface area contributed by atoms with Crippen LogP contribution in [-0.2, 0) is 23.5 Å². The third kappa shape index (κ3) is 3.80. The fourth-order valence-corrected chi connectivity index (χ4v) is 3.32. The van der Waals surface area contributed by atoms with Crippen molar-refractivity contribution in [1.82, 2.24) is 9.29 Å². The number of nitrogens with zero attached hydrogens (tertiary/aromatic N) is 1. The topological polar surface area (TPSA) is 69.6 Å². The van der Waals surface area contributed by atoms with Gasteiger partial charge in [0.25, 0.3) is 0 Å². The van der Waals surface area contributed by atoms with Crippen molar-refractivity contribution in [3.8, 4) is 11.5 Å². The summed E-state index contributed by atoms with van der Waals surface area (Å²) in [6.45, 7) is 0.312. The van der Waals surface area contributed by atoms with Gasteiger partial charge in [-0.3, -0.25) is 0 Å². The second-order valence-electron chi connectivity index (χ2n) is 4.85. The minimum Gasteiger partial charge on any atom is -0.497 e. The third-order valence-corrected chi connectivity index (χ3v) is 4.74. The summed E-state index contributed by atoms with van der Waals surface area (Å²) in [6.07, 6.45) is 4.50. The van der Waals surface area contributed by atoms with E-state index in [2.05, 4.69) is 4.72 Å². The Morgan fingerprint density at radius 3 is 2.55 bits per heavy atom. The second-order valence-corrected chi connectivity index (χ2v) is 6.59. The molecule has 0 unspecified atom stereocenters. The molecule has 2 rings (SSSR count). The average molecular weight is 324 g/mol. The Labute approximate surface area is 130 Å². The van der Waals surface area contributed by atoms with Crippen molar-refractivity contribution in [2.45, 2.75) is 11.3 Å². The number of nitrogens with one attached hydrogen (secondary N) is 1. The number of benzene rings is 1. The highest BCUT2D eigenvalue weighted by Gasteiger charge is 2.20. The molecule has 0 aliphatic carbocycles. The summed E-state index contributed by atoms with van der Waals surface area (Å²) in [5.41, 5.74) is 1.07. The van der Waals surface area contributed by atoms with E-state index in [4.69, 9.17) is 9.47 Å². The summed E-state index contributed by atoms with van der Waals surface area (Å²) in [5, 5.41) is 0. The molecular weight excluding hydrogens is 304 g/mol. The van der Waals surface area contributed by atoms with Crippen LogP contribution in [0.25, 0.3) is 0 Å². The Hall–Kier alpha value is -1.99. The molecule has 6 nitrogen and oxygen atoms in total. The summed E-state index contributed by atoms with van der Waals surface area (Å²) < 4.78 is 39.6. The molecule has 1 heterocycles. The molecule has 0 radical (unpaired) electrons. The normalized spacial score (nSPS) is 11.4. The van der Waals surface area contributed by atoms with E-state index in [0.717, 1.165) is 5.56 Å². The van der Waals surface area contributed by atoms with Gasteiger partial charge in [0.1, 0.15) is 16.4 Å². The Kier molecular flexibility index (Phi) is 5.10. The van der Waals surface area contributed by atoms with E-state index in [1.165, 1.54) is 20.3 Å². The zero-order valence-corrected chi connectivity index (χ0v) is 13.7. The number of aromatic nitrogens is 1. The van der Waals surface area contributed by atoms with Crippen LogP contribution in [0.2, 0.25) is 0 Å². The van der Waals surface area contributed by atoms with Crippen LogP contribution in [0, 0.1) is 0 Å². The number of hydrogen-bond donors (Lipinski definition) is 1. The Morgan fingerprint density at radius 1 is 1.18 bits per heavy atom. The number of sulfonamides is 1. The molecule has 1 aromatic heterocycles. The van der Waals surface area contributed by atoms with Crippen molar-refractivity contribution in [1.29, 1.82) is 0 Å². The van der Waals surface area contributed by atoms with Crippen LogP contribution in [0.1, 0.15) is 5.56 Å². The first kappa shape index (κ1) is 16.4. The minimum absolute atomic E-state index is 0.0717. The number of aryl methyl sites for hydroxylation is 1. The lowest BCUT2D eigenvalue weighted by Gasteiger charge is -2.12. The van der Waals surface area contributed by atoms with Gasteiger partial charge in [-0.05, 0) is 30.2 Å². The largest absolute Gasteiger partial charge is 0.497 e. The molecule has 2 aromatic rings. The lowest BCUT2D eigenvalue weighted by molar-refractivity contribution is 0.392. The molecule has 0 atom stereocenters. The van der Waals surface area contributed by atoms with Crippen molar-refractivity contribution >= 4 is 10.0 Å². The monoisotopic (exact) mass is 324 g/mol. The maximum atomic E-state index is 12.4. The Bertz CT molecular complexity index is 738. The van der Waals surface area contributed by atoms with E-state index in [1.54, 1.807) is 12.1 Å². The van der Waals surface area contributed by atoms with Crippen LogP contribution in [-0.4, -0.2) is 33.7 Å². The second kappa shape index (κ2) is 6.85. The molecule has 0 amide bonds. The predicted octanol–water partition coefficient (Wildman–Crippen LogP) is 1.56. The molecule has 0 saturated carbocycles. The van der Waals surface area contributed by atoms with E-state index >= 15 is 0 Å². The van der Waals surface area contributed by atoms with Crippen molar-refractivity contribution in [2.75, 3.05) is 20.8 Å². The van der Waals surface area contributed by atoms with Gasteiger partial charge in [-0.1, -0.05) is 0 Å². The van der Waals surface area contributed by atoms with Crippen LogP contribution in [0.4, 0.5) is 0 Å². The molecule has 120 valence electrons. The van der Waals surface area contributed by atoms with Gasteiger partial charge in [-0.15, -0.1) is 0 Å². The smallest absolute Gasteiger partial charge is 0.244 e. The van der Waals surface area contributed by atoms with Crippen LogP contribution in [0.3, 0.4) is 0 Å². The van der Waals surface area contributed by atoms with Gasteiger partial charge in [0.2, 0.25) is 10.0 Å². The minimum atomic E-state index is -3.66. The SMILES string of the molecule is COc1ccc(OC)c(S(=O)(=O)NCCc2ccn(C)c2)c1. The molecule has 1 N–H and O–H groups in total. The van der Waals surface area contributed by atoms with Crippen LogP contribution in [0.5, 0.6) is 11.5 Å². The van der Waals surface area contributed by atoms with E-state index in [0.29, 0.717) is 18.7 Å². The molecule has 0 bridgehead atoms. The van der Waals surface area contributed by atoms with E-state index in [1.807, 2.05) is 30.1 Å². The van der Waals surface area contributed by atoms with Crippen LogP contribution >= 0.6 is 0 Å². The highest BCUT2D eigenvalue weighted by molar-refractivity contribution is 7.89. The quantitative estimate of drug-likeness (QED) is 0.839. The van der Waals surface area contributed by atoms with E-state index in [-0.39, 0.29) is 10.6 Å². The number of ether oxygens (including phenoxy) is 2. The zero-order chi connectivity index (χ0) is 16.2. The van der Waals surface area contributed by atoms with Gasteiger partial charge in [0, 0.05) is 32.1 Å². The lowest BCUT2D eigenvalue weighted by atomic mass is 10.2. The Balaban J connectivity index is 2.12. The maximum Gasteiger partial charge on any atom is 0.244 e. The van der Waals surface area contributed by atoms with Crippen molar-refractivity contribution in [3.05, 3.63) is 42.2 Å². The van der Waals surface area contributed by atoms with Gasteiger partial charge in [0.15, 0.2) is 0 Å². The van der Waals surface area contributed by atoms with Crippen LogP contribution < -0.4 is 14.2 Å². The van der Waals surface area contributed by atoms with Gasteiger partial charge < -0.3 is 14.0 Å². The average Bonchev–Trinajstić information content (AvgIpc) is 2.91. The molecule has 7 heteroatoms. The standard InChI is InChI=1S/C15H20N2O4S/c1-17-9-7-12(11-17)6-8-16-22(18,19)15-10-13(20-2)4-5-14(15)21-3/h4-5,7,9-11,16H,6,8H2,1-3H3. The summed E-state index contributed by atoms with van der Waals surface area (Å²) >= 11 is 0. The third-order valence-electron chi connectivity index (χ3n) is 3.26.